The maximum absolute atomic E-state index is 12.9. The van der Waals surface area contributed by atoms with Crippen molar-refractivity contribution < 1.29 is 4.74 Å². The number of likely N-dealkylation sites (N-methyl/N-ethyl adjacent to an activating group) is 1. The summed E-state index contributed by atoms with van der Waals surface area (Å²) in [6.07, 6.45) is 4.03. The zero-order valence-electron chi connectivity index (χ0n) is 14.1. The van der Waals surface area contributed by atoms with Crippen LogP contribution in [0.4, 0.5) is 0 Å². The van der Waals surface area contributed by atoms with Crippen LogP contribution in [0.1, 0.15) is 19.8 Å². The van der Waals surface area contributed by atoms with E-state index in [1.54, 1.807) is 18.0 Å². The number of rotatable bonds is 4. The highest BCUT2D eigenvalue weighted by Crippen LogP contribution is 2.25. The van der Waals surface area contributed by atoms with Gasteiger partial charge >= 0.3 is 0 Å². The van der Waals surface area contributed by atoms with Crippen LogP contribution in [0.3, 0.4) is 0 Å². The highest BCUT2D eigenvalue weighted by atomic mass is 16.5. The summed E-state index contributed by atoms with van der Waals surface area (Å²) in [7, 11) is 1.64. The highest BCUT2D eigenvalue weighted by Gasteiger charge is 2.24. The Kier molecular flexibility index (Phi) is 3.76. The van der Waals surface area contributed by atoms with Crippen LogP contribution in [0.25, 0.3) is 21.9 Å². The van der Waals surface area contributed by atoms with Crippen molar-refractivity contribution in [2.45, 2.75) is 32.4 Å². The molecule has 1 aliphatic heterocycles. The second-order valence-electron chi connectivity index (χ2n) is 6.39. The Balaban J connectivity index is 1.77. The van der Waals surface area contributed by atoms with E-state index in [1.807, 2.05) is 18.2 Å². The summed E-state index contributed by atoms with van der Waals surface area (Å²) < 4.78 is 7.00. The standard InChI is InChI=1S/C18H22N4O2/c1-3-21-8-4-5-12(21)10-22-11-19-16-14-7-6-13(24-2)9-15(14)20-17(16)18(22)23/h6-7,9,11-12,20H,3-5,8,10H2,1-2H3/t12-/m0/s1. The van der Waals surface area contributed by atoms with Gasteiger partial charge in [0.1, 0.15) is 16.8 Å². The molecule has 0 unspecified atom stereocenters. The smallest absolute Gasteiger partial charge is 0.277 e. The number of benzene rings is 1. The van der Waals surface area contributed by atoms with Gasteiger partial charge in [0.2, 0.25) is 0 Å². The van der Waals surface area contributed by atoms with Crippen molar-refractivity contribution in [3.8, 4) is 5.75 Å². The van der Waals surface area contributed by atoms with Gasteiger partial charge in [0, 0.05) is 24.0 Å². The van der Waals surface area contributed by atoms with Crippen LogP contribution >= 0.6 is 0 Å². The van der Waals surface area contributed by atoms with Crippen molar-refractivity contribution in [2.24, 2.45) is 0 Å². The summed E-state index contributed by atoms with van der Waals surface area (Å²) in [5.41, 5.74) is 2.18. The predicted molar refractivity (Wildman–Crippen MR) is 94.7 cm³/mol. The van der Waals surface area contributed by atoms with Gasteiger partial charge in [-0.25, -0.2) is 4.98 Å². The zero-order chi connectivity index (χ0) is 16.7. The largest absolute Gasteiger partial charge is 0.497 e. The SMILES string of the molecule is CCN1CCC[C@H]1Cn1cnc2c([nH]c3cc(OC)ccc32)c1=O. The molecule has 6 heteroatoms. The predicted octanol–water partition coefficient (Wildman–Crippen LogP) is 2.37. The molecule has 4 rings (SSSR count). The van der Waals surface area contributed by atoms with Crippen molar-refractivity contribution in [2.75, 3.05) is 20.2 Å². The molecule has 1 N–H and O–H groups in total. The van der Waals surface area contributed by atoms with Gasteiger partial charge < -0.3 is 9.72 Å². The van der Waals surface area contributed by atoms with Gasteiger partial charge in [-0.1, -0.05) is 6.92 Å². The van der Waals surface area contributed by atoms with E-state index >= 15 is 0 Å². The fourth-order valence-electron chi connectivity index (χ4n) is 3.78. The van der Waals surface area contributed by atoms with E-state index < -0.39 is 0 Å². The molecule has 0 amide bonds. The van der Waals surface area contributed by atoms with Gasteiger partial charge in [-0.15, -0.1) is 0 Å². The van der Waals surface area contributed by atoms with Crippen LogP contribution in [-0.4, -0.2) is 45.7 Å². The van der Waals surface area contributed by atoms with Gasteiger partial charge in [0.25, 0.3) is 5.56 Å². The average molecular weight is 326 g/mol. The molecule has 1 aliphatic rings. The number of fused-ring (bicyclic) bond motifs is 3. The van der Waals surface area contributed by atoms with Crippen molar-refractivity contribution in [1.82, 2.24) is 19.4 Å². The number of likely N-dealkylation sites (tertiary alicyclic amines) is 1. The van der Waals surface area contributed by atoms with E-state index in [0.717, 1.165) is 41.7 Å². The van der Waals surface area contributed by atoms with Crippen molar-refractivity contribution in [3.63, 3.8) is 0 Å². The molecule has 0 radical (unpaired) electrons. The maximum Gasteiger partial charge on any atom is 0.277 e. The minimum Gasteiger partial charge on any atom is -0.497 e. The topological polar surface area (TPSA) is 63.1 Å². The first-order valence-corrected chi connectivity index (χ1v) is 8.50. The van der Waals surface area contributed by atoms with Crippen molar-refractivity contribution in [1.29, 1.82) is 0 Å². The minimum absolute atomic E-state index is 0.00174. The lowest BCUT2D eigenvalue weighted by Gasteiger charge is -2.23. The second kappa shape index (κ2) is 5.94. The Labute approximate surface area is 140 Å². The molecule has 1 aromatic carbocycles. The number of nitrogens with zero attached hydrogens (tertiary/aromatic N) is 3. The first-order chi connectivity index (χ1) is 11.7. The molecule has 1 atom stereocenters. The van der Waals surface area contributed by atoms with Crippen molar-refractivity contribution >= 4 is 21.9 Å². The quantitative estimate of drug-likeness (QED) is 0.799. The van der Waals surface area contributed by atoms with E-state index in [2.05, 4.69) is 21.8 Å². The number of methoxy groups -OCH3 is 1. The maximum atomic E-state index is 12.9. The summed E-state index contributed by atoms with van der Waals surface area (Å²) in [6.45, 7) is 5.03. The van der Waals surface area contributed by atoms with E-state index in [4.69, 9.17) is 4.74 Å². The highest BCUT2D eigenvalue weighted by molar-refractivity contribution is 6.04. The molecule has 0 aliphatic carbocycles. The van der Waals surface area contributed by atoms with Crippen LogP contribution in [-0.2, 0) is 6.54 Å². The van der Waals surface area contributed by atoms with Crippen LogP contribution in [0.15, 0.2) is 29.3 Å². The third-order valence-electron chi connectivity index (χ3n) is 5.09. The molecule has 1 saturated heterocycles. The summed E-state index contributed by atoms with van der Waals surface area (Å²) in [6, 6.07) is 6.16. The molecular formula is C18H22N4O2. The molecule has 24 heavy (non-hydrogen) atoms. The summed E-state index contributed by atoms with van der Waals surface area (Å²) in [5, 5.41) is 0.950. The lowest BCUT2D eigenvalue weighted by molar-refractivity contribution is 0.242. The molecule has 3 aromatic rings. The van der Waals surface area contributed by atoms with Gasteiger partial charge in [-0.05, 0) is 38.1 Å². The molecule has 3 heterocycles. The normalized spacial score (nSPS) is 18.7. The molecule has 1 fully saturated rings. The number of hydrogen-bond acceptors (Lipinski definition) is 4. The number of hydrogen-bond donors (Lipinski definition) is 1. The minimum atomic E-state index is -0.00174. The van der Waals surface area contributed by atoms with E-state index in [1.165, 1.54) is 6.42 Å². The van der Waals surface area contributed by atoms with Gasteiger partial charge in [0.05, 0.1) is 19.0 Å². The lowest BCUT2D eigenvalue weighted by atomic mass is 10.2. The Hall–Kier alpha value is -2.34. The summed E-state index contributed by atoms with van der Waals surface area (Å²) >= 11 is 0. The molecule has 0 spiro atoms. The van der Waals surface area contributed by atoms with Crippen LogP contribution < -0.4 is 10.3 Å². The number of aromatic nitrogens is 3. The number of H-pyrrole nitrogens is 1. The molecule has 2 aromatic heterocycles. The van der Waals surface area contributed by atoms with Crippen LogP contribution in [0, 0.1) is 0 Å². The first kappa shape index (κ1) is 15.2. The molecular weight excluding hydrogens is 304 g/mol. The van der Waals surface area contributed by atoms with Gasteiger partial charge in [-0.3, -0.25) is 14.3 Å². The zero-order valence-corrected chi connectivity index (χ0v) is 14.1. The number of aromatic amines is 1. The molecule has 6 nitrogen and oxygen atoms in total. The van der Waals surface area contributed by atoms with Crippen LogP contribution in [0.2, 0.25) is 0 Å². The Morgan fingerprint density at radius 2 is 2.29 bits per heavy atom. The van der Waals surface area contributed by atoms with E-state index in [-0.39, 0.29) is 5.56 Å². The number of ether oxygens (including phenoxy) is 1. The average Bonchev–Trinajstić information content (AvgIpc) is 3.20. The first-order valence-electron chi connectivity index (χ1n) is 8.50. The Morgan fingerprint density at radius 3 is 3.08 bits per heavy atom. The Bertz CT molecular complexity index is 943. The van der Waals surface area contributed by atoms with Gasteiger partial charge in [0.15, 0.2) is 0 Å². The second-order valence-corrected chi connectivity index (χ2v) is 6.39. The lowest BCUT2D eigenvalue weighted by Crippen LogP contribution is -2.36. The third kappa shape index (κ3) is 2.38. The van der Waals surface area contributed by atoms with E-state index in [9.17, 15) is 4.79 Å². The van der Waals surface area contributed by atoms with Gasteiger partial charge in [-0.2, -0.15) is 0 Å². The Morgan fingerprint density at radius 1 is 1.42 bits per heavy atom. The molecule has 126 valence electrons. The summed E-state index contributed by atoms with van der Waals surface area (Å²) in [5.74, 6) is 0.763. The fraction of sp³-hybridized carbons (Fsp3) is 0.444. The number of nitrogens with one attached hydrogen (secondary N) is 1. The van der Waals surface area contributed by atoms with Crippen molar-refractivity contribution in [3.05, 3.63) is 34.9 Å². The monoisotopic (exact) mass is 326 g/mol. The van der Waals surface area contributed by atoms with E-state index in [0.29, 0.717) is 18.1 Å². The van der Waals surface area contributed by atoms with Crippen LogP contribution in [0.5, 0.6) is 5.75 Å². The fourth-order valence-corrected chi connectivity index (χ4v) is 3.78. The summed E-state index contributed by atoms with van der Waals surface area (Å²) in [4.78, 5) is 23.1. The third-order valence-corrected chi connectivity index (χ3v) is 5.09. The molecule has 0 saturated carbocycles. The molecule has 0 bridgehead atoms.